The number of nitrogens with zero attached hydrogens (tertiary/aromatic N) is 4. The SMILES string of the molecule is CN(CCc1ccncc1)c1cc(NC2CC2)nc(N)n1. The first-order valence-corrected chi connectivity index (χ1v) is 7.22. The van der Waals surface area contributed by atoms with Crippen LogP contribution in [0.15, 0.2) is 30.6 Å². The van der Waals surface area contributed by atoms with Gasteiger partial charge >= 0.3 is 0 Å². The second kappa shape index (κ2) is 5.95. The monoisotopic (exact) mass is 284 g/mol. The Hall–Kier alpha value is -2.37. The smallest absolute Gasteiger partial charge is 0.223 e. The number of nitrogen functional groups attached to an aromatic ring is 1. The molecule has 6 heteroatoms. The van der Waals surface area contributed by atoms with E-state index in [-0.39, 0.29) is 0 Å². The summed E-state index contributed by atoms with van der Waals surface area (Å²) in [6.07, 6.45) is 6.98. The molecule has 0 aliphatic heterocycles. The number of hydrogen-bond acceptors (Lipinski definition) is 6. The molecule has 1 aliphatic carbocycles. The predicted octanol–water partition coefficient (Wildman–Crippen LogP) is 1.71. The summed E-state index contributed by atoms with van der Waals surface area (Å²) < 4.78 is 0. The van der Waals surface area contributed by atoms with Gasteiger partial charge in [0.2, 0.25) is 5.95 Å². The molecule has 21 heavy (non-hydrogen) atoms. The van der Waals surface area contributed by atoms with Crippen LogP contribution in [0.4, 0.5) is 17.6 Å². The molecule has 2 heterocycles. The normalized spacial score (nSPS) is 14.0. The Kier molecular flexibility index (Phi) is 3.85. The van der Waals surface area contributed by atoms with Crippen LogP contribution in [-0.4, -0.2) is 34.6 Å². The van der Waals surface area contributed by atoms with Crippen molar-refractivity contribution in [3.63, 3.8) is 0 Å². The third-order valence-corrected chi connectivity index (χ3v) is 3.54. The summed E-state index contributed by atoms with van der Waals surface area (Å²) in [5.41, 5.74) is 7.06. The lowest BCUT2D eigenvalue weighted by Crippen LogP contribution is -2.22. The van der Waals surface area contributed by atoms with Gasteiger partial charge in [0, 0.05) is 38.1 Å². The molecule has 2 aromatic heterocycles. The molecule has 0 saturated heterocycles. The summed E-state index contributed by atoms with van der Waals surface area (Å²) >= 11 is 0. The van der Waals surface area contributed by atoms with E-state index in [1.807, 2.05) is 37.6 Å². The number of hydrogen-bond donors (Lipinski definition) is 2. The number of aromatic nitrogens is 3. The van der Waals surface area contributed by atoms with E-state index in [2.05, 4.69) is 25.2 Å². The molecular formula is C15H20N6. The number of likely N-dealkylation sites (N-methyl/N-ethyl adjacent to an activating group) is 1. The van der Waals surface area contributed by atoms with E-state index in [1.165, 1.54) is 18.4 Å². The Balaban J connectivity index is 1.65. The zero-order chi connectivity index (χ0) is 14.7. The van der Waals surface area contributed by atoms with E-state index >= 15 is 0 Å². The number of nitrogens with two attached hydrogens (primary N) is 1. The maximum atomic E-state index is 5.80. The lowest BCUT2D eigenvalue weighted by molar-refractivity contribution is 0.855. The van der Waals surface area contributed by atoms with Crippen molar-refractivity contribution in [3.05, 3.63) is 36.2 Å². The molecule has 1 fully saturated rings. The highest BCUT2D eigenvalue weighted by atomic mass is 15.2. The average Bonchev–Trinajstić information content (AvgIpc) is 3.29. The maximum absolute atomic E-state index is 5.80. The minimum atomic E-state index is 0.311. The van der Waals surface area contributed by atoms with Gasteiger partial charge in [-0.3, -0.25) is 4.98 Å². The molecule has 3 N–H and O–H groups in total. The van der Waals surface area contributed by atoms with Gasteiger partial charge in [0.1, 0.15) is 11.6 Å². The summed E-state index contributed by atoms with van der Waals surface area (Å²) in [5, 5.41) is 3.36. The fourth-order valence-corrected chi connectivity index (χ4v) is 2.12. The van der Waals surface area contributed by atoms with Crippen LogP contribution in [0.25, 0.3) is 0 Å². The molecule has 0 atom stereocenters. The van der Waals surface area contributed by atoms with E-state index in [1.54, 1.807) is 0 Å². The van der Waals surface area contributed by atoms with Gasteiger partial charge in [-0.25, -0.2) is 0 Å². The van der Waals surface area contributed by atoms with Crippen molar-refractivity contribution in [1.29, 1.82) is 0 Å². The third kappa shape index (κ3) is 3.81. The van der Waals surface area contributed by atoms with Gasteiger partial charge in [-0.15, -0.1) is 0 Å². The summed E-state index contributed by atoms with van der Waals surface area (Å²) in [7, 11) is 2.02. The van der Waals surface area contributed by atoms with Crippen molar-refractivity contribution < 1.29 is 0 Å². The van der Waals surface area contributed by atoms with Gasteiger partial charge in [0.05, 0.1) is 0 Å². The van der Waals surface area contributed by atoms with Crippen molar-refractivity contribution in [2.24, 2.45) is 0 Å². The fraction of sp³-hybridized carbons (Fsp3) is 0.400. The largest absolute Gasteiger partial charge is 0.368 e. The Labute approximate surface area is 124 Å². The Bertz CT molecular complexity index is 596. The van der Waals surface area contributed by atoms with Crippen LogP contribution in [0.3, 0.4) is 0 Å². The standard InChI is InChI=1S/C15H20N6/c1-21(9-6-11-4-7-17-8-5-11)14-10-13(18-12-2-3-12)19-15(16)20-14/h4-5,7-8,10,12H,2-3,6,9H2,1H3,(H3,16,18,19,20). The second-order valence-electron chi connectivity index (χ2n) is 5.42. The van der Waals surface area contributed by atoms with Crippen LogP contribution in [0.2, 0.25) is 0 Å². The third-order valence-electron chi connectivity index (χ3n) is 3.54. The molecule has 0 bridgehead atoms. The highest BCUT2D eigenvalue weighted by Crippen LogP contribution is 2.25. The molecule has 2 aromatic rings. The first kappa shape index (κ1) is 13.6. The average molecular weight is 284 g/mol. The van der Waals surface area contributed by atoms with E-state index in [0.29, 0.717) is 12.0 Å². The summed E-state index contributed by atoms with van der Waals surface area (Å²) in [6, 6.07) is 6.57. The number of nitrogens with one attached hydrogen (secondary N) is 1. The van der Waals surface area contributed by atoms with Gasteiger partial charge in [-0.05, 0) is 37.0 Å². The van der Waals surface area contributed by atoms with Crippen LogP contribution >= 0.6 is 0 Å². The molecule has 110 valence electrons. The van der Waals surface area contributed by atoms with Gasteiger partial charge in [-0.1, -0.05) is 0 Å². The van der Waals surface area contributed by atoms with E-state index < -0.39 is 0 Å². The molecule has 1 saturated carbocycles. The minimum Gasteiger partial charge on any atom is -0.368 e. The molecular weight excluding hydrogens is 264 g/mol. The zero-order valence-corrected chi connectivity index (χ0v) is 12.2. The molecule has 0 amide bonds. The molecule has 1 aliphatic rings. The Morgan fingerprint density at radius 3 is 2.76 bits per heavy atom. The number of anilines is 3. The van der Waals surface area contributed by atoms with Crippen molar-refractivity contribution in [1.82, 2.24) is 15.0 Å². The molecule has 3 rings (SSSR count). The fourth-order valence-electron chi connectivity index (χ4n) is 2.12. The first-order valence-electron chi connectivity index (χ1n) is 7.22. The van der Waals surface area contributed by atoms with Crippen molar-refractivity contribution in [3.8, 4) is 0 Å². The van der Waals surface area contributed by atoms with Crippen molar-refractivity contribution in [2.45, 2.75) is 25.3 Å². The van der Waals surface area contributed by atoms with Crippen molar-refractivity contribution >= 4 is 17.6 Å². The van der Waals surface area contributed by atoms with Crippen LogP contribution < -0.4 is 16.0 Å². The maximum Gasteiger partial charge on any atom is 0.223 e. The van der Waals surface area contributed by atoms with Crippen molar-refractivity contribution in [2.75, 3.05) is 29.5 Å². The quantitative estimate of drug-likeness (QED) is 0.840. The predicted molar refractivity (Wildman–Crippen MR) is 84.3 cm³/mol. The van der Waals surface area contributed by atoms with Gasteiger partial charge in [0.25, 0.3) is 0 Å². The molecule has 0 unspecified atom stereocenters. The molecule has 0 radical (unpaired) electrons. The molecule has 6 nitrogen and oxygen atoms in total. The molecule has 0 aromatic carbocycles. The highest BCUT2D eigenvalue weighted by Gasteiger charge is 2.22. The Morgan fingerprint density at radius 2 is 2.05 bits per heavy atom. The van der Waals surface area contributed by atoms with Crippen LogP contribution in [-0.2, 0) is 6.42 Å². The van der Waals surface area contributed by atoms with Crippen LogP contribution in [0.5, 0.6) is 0 Å². The summed E-state index contributed by atoms with van der Waals surface area (Å²) in [6.45, 7) is 0.864. The van der Waals surface area contributed by atoms with Crippen LogP contribution in [0.1, 0.15) is 18.4 Å². The zero-order valence-electron chi connectivity index (χ0n) is 12.2. The summed E-state index contributed by atoms with van der Waals surface area (Å²) in [5.74, 6) is 1.97. The minimum absolute atomic E-state index is 0.311. The van der Waals surface area contributed by atoms with Gasteiger partial charge in [0.15, 0.2) is 0 Å². The first-order chi connectivity index (χ1) is 10.2. The molecule has 0 spiro atoms. The number of rotatable bonds is 6. The number of pyridine rings is 1. The van der Waals surface area contributed by atoms with Gasteiger partial charge < -0.3 is 16.0 Å². The Morgan fingerprint density at radius 1 is 1.29 bits per heavy atom. The lowest BCUT2D eigenvalue weighted by atomic mass is 10.2. The van der Waals surface area contributed by atoms with Crippen LogP contribution in [0, 0.1) is 0 Å². The lowest BCUT2D eigenvalue weighted by Gasteiger charge is -2.19. The van der Waals surface area contributed by atoms with E-state index in [0.717, 1.165) is 24.6 Å². The van der Waals surface area contributed by atoms with Gasteiger partial charge in [-0.2, -0.15) is 9.97 Å². The van der Waals surface area contributed by atoms with E-state index in [4.69, 9.17) is 5.73 Å². The van der Waals surface area contributed by atoms with E-state index in [9.17, 15) is 0 Å². The highest BCUT2D eigenvalue weighted by molar-refractivity contribution is 5.53. The second-order valence-corrected chi connectivity index (χ2v) is 5.42. The topological polar surface area (TPSA) is 80.0 Å². The summed E-state index contributed by atoms with van der Waals surface area (Å²) in [4.78, 5) is 14.7.